The second-order valence-corrected chi connectivity index (χ2v) is 9.21. The van der Waals surface area contributed by atoms with Crippen LogP contribution in [-0.4, -0.2) is 34.5 Å². The number of furan rings is 1. The Morgan fingerprint density at radius 2 is 2.11 bits per heavy atom. The number of amides is 1. The first kappa shape index (κ1) is 17.7. The van der Waals surface area contributed by atoms with E-state index in [9.17, 15) is 4.79 Å². The fourth-order valence-corrected chi connectivity index (χ4v) is 5.08. The molecule has 2 fully saturated rings. The lowest BCUT2D eigenvalue weighted by atomic mass is 9.78. The second-order valence-electron chi connectivity index (χ2n) is 9.21. The lowest BCUT2D eigenvalue weighted by molar-refractivity contribution is 0.0894. The molecule has 1 amide bonds. The molecule has 0 aromatic carbocycles. The first-order valence-electron chi connectivity index (χ1n) is 10.3. The van der Waals surface area contributed by atoms with Gasteiger partial charge in [-0.05, 0) is 57.8 Å². The van der Waals surface area contributed by atoms with Gasteiger partial charge in [0, 0.05) is 18.6 Å². The van der Waals surface area contributed by atoms with Gasteiger partial charge in [-0.2, -0.15) is 0 Å². The van der Waals surface area contributed by atoms with Gasteiger partial charge in [0.15, 0.2) is 0 Å². The molecule has 2 aromatic heterocycles. The van der Waals surface area contributed by atoms with Crippen LogP contribution in [0.1, 0.15) is 62.1 Å². The number of nitrogens with one attached hydrogen (secondary N) is 1. The van der Waals surface area contributed by atoms with E-state index >= 15 is 0 Å². The van der Waals surface area contributed by atoms with E-state index in [0.717, 1.165) is 43.3 Å². The highest BCUT2D eigenvalue weighted by Crippen LogP contribution is 2.45. The lowest BCUT2D eigenvalue weighted by Crippen LogP contribution is -2.46. The molecule has 2 saturated carbocycles. The van der Waals surface area contributed by atoms with Crippen LogP contribution in [-0.2, 0) is 0 Å². The molecule has 3 unspecified atom stereocenters. The number of allylic oxidation sites excluding steroid dienone is 2. The fraction of sp³-hybridized carbons (Fsp3) is 0.591. The number of carbonyl (C=O) groups excluding carboxylic acids is 1. The van der Waals surface area contributed by atoms with Gasteiger partial charge in [0.1, 0.15) is 17.9 Å². The van der Waals surface area contributed by atoms with Crippen LogP contribution in [0.2, 0.25) is 0 Å². The molecule has 148 valence electrons. The molecule has 3 aliphatic rings. The molecule has 0 radical (unpaired) electrons. The average molecular weight is 380 g/mol. The molecule has 1 N–H and O–H groups in total. The SMILES string of the molecule is Cc1oc2ncnc(N(C)C3(C)CC3)c2c1C(=O)NC1C(C)CC2=CCC1C2. The summed E-state index contributed by atoms with van der Waals surface area (Å²) in [5.74, 6) is 2.31. The number of fused-ring (bicyclic) bond motifs is 3. The number of rotatable bonds is 4. The van der Waals surface area contributed by atoms with Crippen molar-refractivity contribution >= 4 is 22.8 Å². The summed E-state index contributed by atoms with van der Waals surface area (Å²) in [7, 11) is 2.05. The summed E-state index contributed by atoms with van der Waals surface area (Å²) in [4.78, 5) is 24.4. The van der Waals surface area contributed by atoms with Gasteiger partial charge >= 0.3 is 0 Å². The minimum absolute atomic E-state index is 0.0613. The number of aryl methyl sites for hydroxylation is 1. The molecular weight excluding hydrogens is 352 g/mol. The maximum Gasteiger partial charge on any atom is 0.255 e. The first-order valence-corrected chi connectivity index (χ1v) is 10.3. The second kappa shape index (κ2) is 6.06. The molecular formula is C22H28N4O2. The number of hydrogen-bond donors (Lipinski definition) is 1. The van der Waals surface area contributed by atoms with Crippen molar-refractivity contribution in [3.63, 3.8) is 0 Å². The van der Waals surface area contributed by atoms with E-state index in [1.165, 1.54) is 6.33 Å². The molecule has 0 spiro atoms. The zero-order valence-corrected chi connectivity index (χ0v) is 17.1. The number of nitrogens with zero attached hydrogens (tertiary/aromatic N) is 3. The van der Waals surface area contributed by atoms with Crippen molar-refractivity contribution in [2.45, 2.75) is 64.5 Å². The molecule has 6 nitrogen and oxygen atoms in total. The quantitative estimate of drug-likeness (QED) is 0.812. The summed E-state index contributed by atoms with van der Waals surface area (Å²) < 4.78 is 5.87. The largest absolute Gasteiger partial charge is 0.442 e. The van der Waals surface area contributed by atoms with Gasteiger partial charge in [0.2, 0.25) is 5.71 Å². The molecule has 6 heteroatoms. The van der Waals surface area contributed by atoms with E-state index in [4.69, 9.17) is 4.42 Å². The van der Waals surface area contributed by atoms with Gasteiger partial charge in [-0.1, -0.05) is 18.6 Å². The Morgan fingerprint density at radius 3 is 2.86 bits per heavy atom. The zero-order chi connectivity index (χ0) is 19.6. The van der Waals surface area contributed by atoms with Crippen molar-refractivity contribution in [1.29, 1.82) is 0 Å². The Morgan fingerprint density at radius 1 is 1.32 bits per heavy atom. The molecule has 2 bridgehead atoms. The van der Waals surface area contributed by atoms with Gasteiger partial charge in [-0.15, -0.1) is 0 Å². The topological polar surface area (TPSA) is 71.3 Å². The minimum atomic E-state index is -0.0613. The van der Waals surface area contributed by atoms with Crippen LogP contribution >= 0.6 is 0 Å². The van der Waals surface area contributed by atoms with Crippen molar-refractivity contribution in [1.82, 2.24) is 15.3 Å². The molecule has 28 heavy (non-hydrogen) atoms. The van der Waals surface area contributed by atoms with Crippen LogP contribution in [0.15, 0.2) is 22.4 Å². The van der Waals surface area contributed by atoms with Crippen LogP contribution in [0.5, 0.6) is 0 Å². The monoisotopic (exact) mass is 380 g/mol. The molecule has 0 aliphatic heterocycles. The fourth-order valence-electron chi connectivity index (χ4n) is 5.08. The number of hydrogen-bond acceptors (Lipinski definition) is 5. The average Bonchev–Trinajstić information content (AvgIpc) is 3.14. The van der Waals surface area contributed by atoms with Crippen molar-refractivity contribution in [2.75, 3.05) is 11.9 Å². The Labute approximate surface area is 165 Å². The number of anilines is 1. The third kappa shape index (κ3) is 2.65. The predicted octanol–water partition coefficient (Wildman–Crippen LogP) is 3.99. The van der Waals surface area contributed by atoms with Crippen molar-refractivity contribution < 1.29 is 9.21 Å². The van der Waals surface area contributed by atoms with Crippen molar-refractivity contribution in [3.05, 3.63) is 29.3 Å². The van der Waals surface area contributed by atoms with E-state index < -0.39 is 0 Å². The molecule has 0 saturated heterocycles. The predicted molar refractivity (Wildman–Crippen MR) is 108 cm³/mol. The zero-order valence-electron chi connectivity index (χ0n) is 17.1. The maximum absolute atomic E-state index is 13.4. The third-order valence-corrected chi connectivity index (χ3v) is 7.21. The third-order valence-electron chi connectivity index (χ3n) is 7.21. The highest BCUT2D eigenvalue weighted by Gasteiger charge is 2.43. The van der Waals surface area contributed by atoms with E-state index in [1.807, 2.05) is 14.0 Å². The van der Waals surface area contributed by atoms with Crippen LogP contribution in [0.25, 0.3) is 11.1 Å². The van der Waals surface area contributed by atoms with E-state index in [1.54, 1.807) is 5.57 Å². The van der Waals surface area contributed by atoms with Crippen LogP contribution in [0.4, 0.5) is 5.82 Å². The van der Waals surface area contributed by atoms with Crippen LogP contribution in [0.3, 0.4) is 0 Å². The summed E-state index contributed by atoms with van der Waals surface area (Å²) in [5, 5.41) is 4.08. The Hall–Kier alpha value is -2.37. The van der Waals surface area contributed by atoms with Gasteiger partial charge < -0.3 is 14.6 Å². The highest BCUT2D eigenvalue weighted by atomic mass is 16.3. The van der Waals surface area contributed by atoms with Crippen molar-refractivity contribution in [3.8, 4) is 0 Å². The normalized spacial score (nSPS) is 27.6. The van der Waals surface area contributed by atoms with Crippen molar-refractivity contribution in [2.24, 2.45) is 11.8 Å². The van der Waals surface area contributed by atoms with E-state index in [2.05, 4.69) is 40.1 Å². The highest BCUT2D eigenvalue weighted by molar-refractivity contribution is 6.10. The maximum atomic E-state index is 13.4. The van der Waals surface area contributed by atoms with Crippen LogP contribution < -0.4 is 10.2 Å². The summed E-state index contributed by atoms with van der Waals surface area (Å²) in [6.45, 7) is 6.31. The van der Waals surface area contributed by atoms with E-state index in [0.29, 0.717) is 28.9 Å². The Balaban J connectivity index is 1.51. The summed E-state index contributed by atoms with van der Waals surface area (Å²) in [6.07, 6.45) is 9.43. The molecule has 2 aromatic rings. The number of aromatic nitrogens is 2. The van der Waals surface area contributed by atoms with Gasteiger partial charge in [0.25, 0.3) is 5.91 Å². The molecule has 3 aliphatic carbocycles. The van der Waals surface area contributed by atoms with Gasteiger partial charge in [-0.25, -0.2) is 9.97 Å². The molecule has 3 atom stereocenters. The van der Waals surface area contributed by atoms with Gasteiger partial charge in [0.05, 0.1) is 10.9 Å². The first-order chi connectivity index (χ1) is 13.4. The van der Waals surface area contributed by atoms with Gasteiger partial charge in [-0.3, -0.25) is 4.79 Å². The Kier molecular flexibility index (Phi) is 3.83. The number of carbonyl (C=O) groups is 1. The molecule has 2 heterocycles. The summed E-state index contributed by atoms with van der Waals surface area (Å²) in [6, 6.07) is 0.200. The summed E-state index contributed by atoms with van der Waals surface area (Å²) >= 11 is 0. The minimum Gasteiger partial charge on any atom is -0.442 e. The van der Waals surface area contributed by atoms with E-state index in [-0.39, 0.29) is 17.5 Å². The standard InChI is InChI=1S/C22H28N4O2/c1-12-9-14-5-6-15(10-14)18(12)25-20(27)16-13(2)28-21-17(16)19(23-11-24-21)26(4)22(3)7-8-22/h5,11-12,15,18H,6-10H2,1-4H3,(H,25,27). The van der Waals surface area contributed by atoms with Crippen LogP contribution in [0, 0.1) is 18.8 Å². The smallest absolute Gasteiger partial charge is 0.255 e. The lowest BCUT2D eigenvalue weighted by Gasteiger charge is -2.34. The summed E-state index contributed by atoms with van der Waals surface area (Å²) in [5.41, 5.74) is 2.74. The molecule has 5 rings (SSSR count). The Bertz CT molecular complexity index is 988.